The average molecular weight is 264 g/mol. The van der Waals surface area contributed by atoms with Crippen molar-refractivity contribution in [1.82, 2.24) is 10.3 Å². The van der Waals surface area contributed by atoms with Crippen molar-refractivity contribution >= 4 is 17.0 Å². The Balaban J connectivity index is 2.05. The van der Waals surface area contributed by atoms with Crippen molar-refractivity contribution in [2.24, 2.45) is 5.92 Å². The number of fused-ring (bicyclic) bond motifs is 1. The van der Waals surface area contributed by atoms with Gasteiger partial charge in [0.15, 0.2) is 5.58 Å². The van der Waals surface area contributed by atoms with E-state index in [-0.39, 0.29) is 18.4 Å². The topological polar surface area (TPSA) is 95.3 Å². The number of benzene rings is 1. The third-order valence-electron chi connectivity index (χ3n) is 3.04. The number of aliphatic hydroxyl groups excluding tert-OH is 1. The summed E-state index contributed by atoms with van der Waals surface area (Å²) in [6.07, 6.45) is 0.591. The molecule has 0 saturated heterocycles. The Kier molecular flexibility index (Phi) is 4.01. The number of aliphatic hydroxyl groups is 1. The van der Waals surface area contributed by atoms with Gasteiger partial charge in [-0.05, 0) is 24.1 Å². The molecule has 1 atom stereocenters. The van der Waals surface area contributed by atoms with Gasteiger partial charge in [0, 0.05) is 6.54 Å². The van der Waals surface area contributed by atoms with Gasteiger partial charge in [0.1, 0.15) is 0 Å². The zero-order chi connectivity index (χ0) is 13.8. The van der Waals surface area contributed by atoms with Gasteiger partial charge in [0.2, 0.25) is 5.91 Å². The van der Waals surface area contributed by atoms with Crippen molar-refractivity contribution < 1.29 is 14.3 Å². The van der Waals surface area contributed by atoms with Gasteiger partial charge < -0.3 is 14.8 Å². The van der Waals surface area contributed by atoms with Crippen molar-refractivity contribution in [2.75, 3.05) is 6.61 Å². The predicted octanol–water partition coefficient (Wildman–Crippen LogP) is 0.756. The first kappa shape index (κ1) is 13.4. The third kappa shape index (κ3) is 3.03. The number of amides is 1. The highest BCUT2D eigenvalue weighted by Crippen LogP contribution is 2.12. The van der Waals surface area contributed by atoms with Crippen LogP contribution in [0.4, 0.5) is 0 Å². The standard InChI is InChI=1S/C13H16N2O4/c1-2-9(7-16)12(17)14-6-8-3-4-10-11(5-8)19-13(18)15-10/h3-5,9,16H,2,6-7H2,1H3,(H,14,17)(H,15,18). The molecule has 6 nitrogen and oxygen atoms in total. The van der Waals surface area contributed by atoms with E-state index in [2.05, 4.69) is 10.3 Å². The number of aromatic amines is 1. The number of H-pyrrole nitrogens is 1. The highest BCUT2D eigenvalue weighted by molar-refractivity contribution is 5.79. The highest BCUT2D eigenvalue weighted by atomic mass is 16.4. The summed E-state index contributed by atoms with van der Waals surface area (Å²) in [7, 11) is 0. The molecule has 1 aromatic heterocycles. The molecule has 102 valence electrons. The number of oxazole rings is 1. The van der Waals surface area contributed by atoms with Crippen molar-refractivity contribution in [1.29, 1.82) is 0 Å². The lowest BCUT2D eigenvalue weighted by atomic mass is 10.1. The molecule has 0 aliphatic heterocycles. The monoisotopic (exact) mass is 264 g/mol. The summed E-state index contributed by atoms with van der Waals surface area (Å²) in [6, 6.07) is 5.23. The number of aromatic nitrogens is 1. The van der Waals surface area contributed by atoms with Crippen LogP contribution in [-0.2, 0) is 11.3 Å². The van der Waals surface area contributed by atoms with Crippen LogP contribution < -0.4 is 11.1 Å². The van der Waals surface area contributed by atoms with E-state index in [1.165, 1.54) is 0 Å². The molecule has 1 unspecified atom stereocenters. The average Bonchev–Trinajstić information content (AvgIpc) is 2.77. The van der Waals surface area contributed by atoms with E-state index in [9.17, 15) is 9.59 Å². The predicted molar refractivity (Wildman–Crippen MR) is 69.5 cm³/mol. The number of rotatable bonds is 5. The molecular weight excluding hydrogens is 248 g/mol. The van der Waals surface area contributed by atoms with Crippen molar-refractivity contribution in [3.63, 3.8) is 0 Å². The van der Waals surface area contributed by atoms with Gasteiger partial charge >= 0.3 is 5.76 Å². The molecule has 1 amide bonds. The van der Waals surface area contributed by atoms with Crippen LogP contribution >= 0.6 is 0 Å². The fourth-order valence-corrected chi connectivity index (χ4v) is 1.83. The van der Waals surface area contributed by atoms with E-state index in [1.54, 1.807) is 18.2 Å². The fraction of sp³-hybridized carbons (Fsp3) is 0.385. The van der Waals surface area contributed by atoms with E-state index < -0.39 is 5.76 Å². The molecule has 0 fully saturated rings. The van der Waals surface area contributed by atoms with E-state index in [1.807, 2.05) is 6.92 Å². The molecule has 0 saturated carbocycles. The second kappa shape index (κ2) is 5.71. The van der Waals surface area contributed by atoms with Gasteiger partial charge in [-0.25, -0.2) is 4.79 Å². The number of hydrogen-bond acceptors (Lipinski definition) is 4. The number of hydrogen-bond donors (Lipinski definition) is 3. The van der Waals surface area contributed by atoms with Crippen LogP contribution in [-0.4, -0.2) is 22.6 Å². The Morgan fingerprint density at radius 3 is 3.00 bits per heavy atom. The van der Waals surface area contributed by atoms with Gasteiger partial charge in [-0.1, -0.05) is 13.0 Å². The van der Waals surface area contributed by atoms with Crippen molar-refractivity contribution in [2.45, 2.75) is 19.9 Å². The first-order valence-corrected chi connectivity index (χ1v) is 6.14. The summed E-state index contributed by atoms with van der Waals surface area (Å²) in [6.45, 7) is 2.02. The van der Waals surface area contributed by atoms with E-state index in [4.69, 9.17) is 9.52 Å². The Morgan fingerprint density at radius 1 is 1.53 bits per heavy atom. The zero-order valence-electron chi connectivity index (χ0n) is 10.6. The lowest BCUT2D eigenvalue weighted by Crippen LogP contribution is -2.31. The first-order valence-electron chi connectivity index (χ1n) is 6.14. The van der Waals surface area contributed by atoms with E-state index in [0.717, 1.165) is 5.56 Å². The molecule has 1 heterocycles. The molecule has 2 aromatic rings. The summed E-state index contributed by atoms with van der Waals surface area (Å²) < 4.78 is 4.94. The van der Waals surface area contributed by atoms with Crippen LogP contribution in [0.15, 0.2) is 27.4 Å². The quantitative estimate of drug-likeness (QED) is 0.742. The SMILES string of the molecule is CCC(CO)C(=O)NCc1ccc2[nH]c(=O)oc2c1. The van der Waals surface area contributed by atoms with E-state index in [0.29, 0.717) is 24.1 Å². The Bertz CT molecular complexity index is 625. The molecule has 6 heteroatoms. The fourth-order valence-electron chi connectivity index (χ4n) is 1.83. The summed E-state index contributed by atoms with van der Waals surface area (Å²) >= 11 is 0. The Labute approximate surface area is 109 Å². The van der Waals surface area contributed by atoms with E-state index >= 15 is 0 Å². The molecule has 2 rings (SSSR count). The Hall–Kier alpha value is -2.08. The molecule has 0 bridgehead atoms. The minimum atomic E-state index is -0.498. The van der Waals surface area contributed by atoms with Crippen LogP contribution in [0.5, 0.6) is 0 Å². The van der Waals surface area contributed by atoms with Crippen LogP contribution in [0.1, 0.15) is 18.9 Å². The van der Waals surface area contributed by atoms with Crippen LogP contribution in [0.3, 0.4) is 0 Å². The number of carbonyl (C=O) groups is 1. The lowest BCUT2D eigenvalue weighted by molar-refractivity contribution is -0.126. The molecule has 0 spiro atoms. The Morgan fingerprint density at radius 2 is 2.32 bits per heavy atom. The maximum atomic E-state index is 11.7. The third-order valence-corrected chi connectivity index (χ3v) is 3.04. The molecule has 0 aliphatic rings. The van der Waals surface area contributed by atoms with Gasteiger partial charge in [0.05, 0.1) is 18.0 Å². The highest BCUT2D eigenvalue weighted by Gasteiger charge is 2.14. The minimum Gasteiger partial charge on any atom is -0.408 e. The van der Waals surface area contributed by atoms with Crippen molar-refractivity contribution in [3.8, 4) is 0 Å². The van der Waals surface area contributed by atoms with Gasteiger partial charge in [-0.2, -0.15) is 0 Å². The summed E-state index contributed by atoms with van der Waals surface area (Å²) in [4.78, 5) is 25.3. The maximum absolute atomic E-state index is 11.7. The van der Waals surface area contributed by atoms with Gasteiger partial charge in [-0.15, -0.1) is 0 Å². The van der Waals surface area contributed by atoms with Crippen LogP contribution in [0, 0.1) is 5.92 Å². The molecule has 0 radical (unpaired) electrons. The largest absolute Gasteiger partial charge is 0.417 e. The van der Waals surface area contributed by atoms with Gasteiger partial charge in [-0.3, -0.25) is 9.78 Å². The van der Waals surface area contributed by atoms with Crippen LogP contribution in [0.2, 0.25) is 0 Å². The summed E-state index contributed by atoms with van der Waals surface area (Å²) in [5.41, 5.74) is 1.92. The normalized spacial score (nSPS) is 12.5. The molecule has 0 aliphatic carbocycles. The second-order valence-electron chi connectivity index (χ2n) is 4.35. The van der Waals surface area contributed by atoms with Crippen molar-refractivity contribution in [3.05, 3.63) is 34.3 Å². The second-order valence-corrected chi connectivity index (χ2v) is 4.35. The molecule has 3 N–H and O–H groups in total. The number of carbonyl (C=O) groups excluding carboxylic acids is 1. The molecule has 1 aromatic carbocycles. The maximum Gasteiger partial charge on any atom is 0.417 e. The van der Waals surface area contributed by atoms with Crippen LogP contribution in [0.25, 0.3) is 11.1 Å². The summed E-state index contributed by atoms with van der Waals surface area (Å²) in [5, 5.41) is 11.8. The summed E-state index contributed by atoms with van der Waals surface area (Å²) in [5.74, 6) is -1.06. The smallest absolute Gasteiger partial charge is 0.408 e. The lowest BCUT2D eigenvalue weighted by Gasteiger charge is -2.11. The number of nitrogens with one attached hydrogen (secondary N) is 2. The first-order chi connectivity index (χ1) is 9.13. The molecular formula is C13H16N2O4. The molecule has 19 heavy (non-hydrogen) atoms. The zero-order valence-corrected chi connectivity index (χ0v) is 10.6. The minimum absolute atomic E-state index is 0.159. The van der Waals surface area contributed by atoms with Gasteiger partial charge in [0.25, 0.3) is 0 Å².